The summed E-state index contributed by atoms with van der Waals surface area (Å²) in [5.74, 6) is 0.741. The summed E-state index contributed by atoms with van der Waals surface area (Å²) in [5, 5.41) is 2.85. The quantitative estimate of drug-likeness (QED) is 0.710. The zero-order chi connectivity index (χ0) is 21.8. The van der Waals surface area contributed by atoms with Gasteiger partial charge in [0.2, 0.25) is 15.9 Å². The molecule has 0 aliphatic rings. The van der Waals surface area contributed by atoms with Crippen LogP contribution in [0.2, 0.25) is 0 Å². The molecule has 0 radical (unpaired) electrons. The summed E-state index contributed by atoms with van der Waals surface area (Å²) in [4.78, 5) is 12.7. The fraction of sp³-hybridized carbons (Fsp3) is 0.381. The number of rotatable bonds is 8. The van der Waals surface area contributed by atoms with E-state index in [1.807, 2.05) is 32.9 Å². The van der Waals surface area contributed by atoms with Crippen LogP contribution in [0.1, 0.15) is 29.7 Å². The van der Waals surface area contributed by atoms with Gasteiger partial charge < -0.3 is 14.8 Å². The van der Waals surface area contributed by atoms with Crippen LogP contribution in [0.5, 0.6) is 11.5 Å². The van der Waals surface area contributed by atoms with Gasteiger partial charge in [-0.15, -0.1) is 0 Å². The largest absolute Gasteiger partial charge is 0.493 e. The van der Waals surface area contributed by atoms with Gasteiger partial charge >= 0.3 is 0 Å². The van der Waals surface area contributed by atoms with Crippen molar-refractivity contribution >= 4 is 21.6 Å². The zero-order valence-corrected chi connectivity index (χ0v) is 18.5. The summed E-state index contributed by atoms with van der Waals surface area (Å²) >= 11 is 0. The molecular weight excluding hydrogens is 392 g/mol. The molecule has 2 rings (SSSR count). The minimum atomic E-state index is -3.64. The maximum Gasteiger partial charge on any atom is 0.241 e. The van der Waals surface area contributed by atoms with Crippen LogP contribution in [0.25, 0.3) is 0 Å². The Bertz CT molecular complexity index is 989. The highest BCUT2D eigenvalue weighted by Gasteiger charge is 2.24. The molecule has 7 nitrogen and oxygen atoms in total. The normalized spacial score (nSPS) is 12.2. The molecule has 0 aromatic heterocycles. The molecule has 0 fully saturated rings. The van der Waals surface area contributed by atoms with Crippen LogP contribution >= 0.6 is 0 Å². The lowest BCUT2D eigenvalue weighted by Crippen LogP contribution is -2.41. The molecule has 1 amide bonds. The Balaban J connectivity index is 2.21. The lowest BCUT2D eigenvalue weighted by atomic mass is 10.1. The van der Waals surface area contributed by atoms with Crippen LogP contribution in [0, 0.1) is 13.8 Å². The molecule has 0 bridgehead atoms. The molecule has 29 heavy (non-hydrogen) atoms. The first-order valence-corrected chi connectivity index (χ1v) is 11.0. The standard InChI is InChI=1S/C21H28N2O5S/c1-14-8-7-9-18(15(14)2)23(29(6,25)26)13-21(24)22-16(3)17-10-11-19(27-4)20(12-17)28-5/h7-12,16H,13H2,1-6H3,(H,22,24). The number of anilines is 1. The first-order chi connectivity index (χ1) is 13.6. The minimum Gasteiger partial charge on any atom is -0.493 e. The van der Waals surface area contributed by atoms with Crippen LogP contribution in [-0.4, -0.2) is 41.3 Å². The number of sulfonamides is 1. The number of methoxy groups -OCH3 is 2. The molecule has 0 heterocycles. The summed E-state index contributed by atoms with van der Waals surface area (Å²) < 4.78 is 36.4. The third kappa shape index (κ3) is 5.41. The Kier molecular flexibility index (Phi) is 7.13. The van der Waals surface area contributed by atoms with Crippen molar-refractivity contribution in [2.24, 2.45) is 0 Å². The number of hydrogen-bond acceptors (Lipinski definition) is 5. The number of carbonyl (C=O) groups is 1. The zero-order valence-electron chi connectivity index (χ0n) is 17.6. The van der Waals surface area contributed by atoms with Crippen molar-refractivity contribution < 1.29 is 22.7 Å². The Morgan fingerprint density at radius 3 is 2.34 bits per heavy atom. The molecule has 1 unspecified atom stereocenters. The van der Waals surface area contributed by atoms with Gasteiger partial charge in [-0.2, -0.15) is 0 Å². The van der Waals surface area contributed by atoms with Gasteiger partial charge in [0.1, 0.15) is 6.54 Å². The van der Waals surface area contributed by atoms with Gasteiger partial charge in [0, 0.05) is 0 Å². The molecule has 0 aliphatic heterocycles. The van der Waals surface area contributed by atoms with Gasteiger partial charge in [-0.3, -0.25) is 9.10 Å². The molecule has 2 aromatic carbocycles. The van der Waals surface area contributed by atoms with Gasteiger partial charge in [-0.25, -0.2) is 8.42 Å². The number of nitrogens with one attached hydrogen (secondary N) is 1. The first kappa shape index (κ1) is 22.5. The third-order valence-electron chi connectivity index (χ3n) is 4.82. The summed E-state index contributed by atoms with van der Waals surface area (Å²) in [6, 6.07) is 10.4. The van der Waals surface area contributed by atoms with Crippen molar-refractivity contribution in [3.63, 3.8) is 0 Å². The highest BCUT2D eigenvalue weighted by atomic mass is 32.2. The fourth-order valence-electron chi connectivity index (χ4n) is 3.01. The maximum absolute atomic E-state index is 12.7. The monoisotopic (exact) mass is 420 g/mol. The number of benzene rings is 2. The predicted molar refractivity (Wildman–Crippen MR) is 114 cm³/mol. The van der Waals surface area contributed by atoms with Gasteiger partial charge in [-0.05, 0) is 55.7 Å². The van der Waals surface area contributed by atoms with E-state index in [2.05, 4.69) is 5.32 Å². The Morgan fingerprint density at radius 1 is 1.10 bits per heavy atom. The van der Waals surface area contributed by atoms with Crippen molar-refractivity contribution in [2.75, 3.05) is 31.3 Å². The highest BCUT2D eigenvalue weighted by molar-refractivity contribution is 7.92. The second-order valence-corrected chi connectivity index (χ2v) is 8.80. The van der Waals surface area contributed by atoms with E-state index < -0.39 is 15.9 Å². The third-order valence-corrected chi connectivity index (χ3v) is 5.94. The lowest BCUT2D eigenvalue weighted by Gasteiger charge is -2.25. The molecule has 0 saturated carbocycles. The number of hydrogen-bond donors (Lipinski definition) is 1. The topological polar surface area (TPSA) is 84.9 Å². The van der Waals surface area contributed by atoms with E-state index in [4.69, 9.17) is 9.47 Å². The van der Waals surface area contributed by atoms with Crippen molar-refractivity contribution in [2.45, 2.75) is 26.8 Å². The Hall–Kier alpha value is -2.74. The average molecular weight is 421 g/mol. The molecule has 0 spiro atoms. The predicted octanol–water partition coefficient (Wildman–Crippen LogP) is 2.96. The number of aryl methyl sites for hydroxylation is 1. The van der Waals surface area contributed by atoms with Crippen LogP contribution in [0.3, 0.4) is 0 Å². The van der Waals surface area contributed by atoms with Gasteiger partial charge in [0.15, 0.2) is 11.5 Å². The van der Waals surface area contributed by atoms with E-state index in [1.165, 1.54) is 0 Å². The average Bonchev–Trinajstić information content (AvgIpc) is 2.67. The van der Waals surface area contributed by atoms with E-state index >= 15 is 0 Å². The van der Waals surface area contributed by atoms with E-state index in [9.17, 15) is 13.2 Å². The first-order valence-electron chi connectivity index (χ1n) is 9.13. The molecule has 158 valence electrons. The molecule has 1 atom stereocenters. The van der Waals surface area contributed by atoms with Crippen molar-refractivity contribution in [3.05, 3.63) is 53.1 Å². The van der Waals surface area contributed by atoms with Gasteiger partial charge in [-0.1, -0.05) is 18.2 Å². The smallest absolute Gasteiger partial charge is 0.241 e. The number of nitrogens with zero attached hydrogens (tertiary/aromatic N) is 1. The van der Waals surface area contributed by atoms with Gasteiger partial charge in [0.25, 0.3) is 0 Å². The summed E-state index contributed by atoms with van der Waals surface area (Å²) in [6.07, 6.45) is 1.10. The maximum atomic E-state index is 12.7. The van der Waals surface area contributed by atoms with Crippen LogP contribution in [0.4, 0.5) is 5.69 Å². The van der Waals surface area contributed by atoms with Crippen LogP contribution in [0.15, 0.2) is 36.4 Å². The number of carbonyl (C=O) groups excluding carboxylic acids is 1. The Labute approximate surface area is 172 Å². The molecule has 1 N–H and O–H groups in total. The molecule has 0 aliphatic carbocycles. The van der Waals surface area contributed by atoms with Gasteiger partial charge in [0.05, 0.1) is 32.2 Å². The summed E-state index contributed by atoms with van der Waals surface area (Å²) in [6.45, 7) is 5.26. The molecule has 8 heteroatoms. The summed E-state index contributed by atoms with van der Waals surface area (Å²) in [5.41, 5.74) is 3.09. The number of ether oxygens (including phenoxy) is 2. The van der Waals surface area contributed by atoms with Crippen molar-refractivity contribution in [1.29, 1.82) is 0 Å². The summed E-state index contributed by atoms with van der Waals surface area (Å²) in [7, 11) is -0.544. The SMILES string of the molecule is COc1ccc(C(C)NC(=O)CN(c2cccc(C)c2C)S(C)(=O)=O)cc1OC. The number of amides is 1. The fourth-order valence-corrected chi connectivity index (χ4v) is 3.92. The van der Waals surface area contributed by atoms with Crippen LogP contribution < -0.4 is 19.1 Å². The molecule has 0 saturated heterocycles. The van der Waals surface area contributed by atoms with Crippen molar-refractivity contribution in [3.8, 4) is 11.5 Å². The second kappa shape index (κ2) is 9.17. The minimum absolute atomic E-state index is 0.305. The molecule has 2 aromatic rings. The van der Waals surface area contributed by atoms with E-state index in [0.717, 1.165) is 27.3 Å². The van der Waals surface area contributed by atoms with Crippen molar-refractivity contribution in [1.82, 2.24) is 5.32 Å². The Morgan fingerprint density at radius 2 is 1.76 bits per heavy atom. The van der Waals surface area contributed by atoms with E-state index in [0.29, 0.717) is 17.2 Å². The van der Waals surface area contributed by atoms with Crippen LogP contribution in [-0.2, 0) is 14.8 Å². The van der Waals surface area contributed by atoms with E-state index in [-0.39, 0.29) is 12.6 Å². The highest BCUT2D eigenvalue weighted by Crippen LogP contribution is 2.30. The lowest BCUT2D eigenvalue weighted by molar-refractivity contribution is -0.120. The second-order valence-electron chi connectivity index (χ2n) is 6.89. The molecular formula is C21H28N2O5S. The van der Waals surface area contributed by atoms with E-state index in [1.54, 1.807) is 38.5 Å².